The van der Waals surface area contributed by atoms with E-state index in [1.165, 1.54) is 13.0 Å². The Morgan fingerprint density at radius 2 is 1.85 bits per heavy atom. The average Bonchev–Trinajstić information content (AvgIpc) is 2.60. The van der Waals surface area contributed by atoms with Crippen LogP contribution in [0.25, 0.3) is 0 Å². The van der Waals surface area contributed by atoms with Crippen molar-refractivity contribution in [2.24, 2.45) is 0 Å². The van der Waals surface area contributed by atoms with Crippen molar-refractivity contribution in [1.82, 2.24) is 0 Å². The van der Waals surface area contributed by atoms with Crippen LogP contribution in [0.1, 0.15) is 54.0 Å². The molecule has 0 spiro atoms. The van der Waals surface area contributed by atoms with Gasteiger partial charge in [-0.2, -0.15) is 0 Å². The SMILES string of the molecule is C/C(=C\C(C)O)C(O)c1c(O)cc(O)c2c1OC(c1ccccc1)CC2=O. The number of fused-ring (bicyclic) bond motifs is 1. The van der Waals surface area contributed by atoms with Gasteiger partial charge in [0.25, 0.3) is 0 Å². The highest BCUT2D eigenvalue weighted by Crippen LogP contribution is 2.48. The van der Waals surface area contributed by atoms with Crippen molar-refractivity contribution in [3.63, 3.8) is 0 Å². The molecule has 3 unspecified atom stereocenters. The predicted molar refractivity (Wildman–Crippen MR) is 98.9 cm³/mol. The van der Waals surface area contributed by atoms with Gasteiger partial charge in [-0.1, -0.05) is 36.4 Å². The monoisotopic (exact) mass is 370 g/mol. The maximum absolute atomic E-state index is 12.7. The molecule has 6 nitrogen and oxygen atoms in total. The number of rotatable bonds is 4. The summed E-state index contributed by atoms with van der Waals surface area (Å²) in [6.45, 7) is 3.13. The summed E-state index contributed by atoms with van der Waals surface area (Å²) in [7, 11) is 0. The highest BCUT2D eigenvalue weighted by molar-refractivity contribution is 6.03. The fraction of sp³-hybridized carbons (Fsp3) is 0.286. The molecule has 1 heterocycles. The molecule has 0 saturated heterocycles. The van der Waals surface area contributed by atoms with Crippen LogP contribution in [0.2, 0.25) is 0 Å². The van der Waals surface area contributed by atoms with Crippen molar-refractivity contribution in [3.05, 3.63) is 64.7 Å². The second-order valence-corrected chi connectivity index (χ2v) is 6.73. The van der Waals surface area contributed by atoms with Crippen LogP contribution < -0.4 is 4.74 Å². The number of Topliss-reactive ketones (excluding diaryl/α,β-unsaturated/α-hetero) is 1. The van der Waals surface area contributed by atoms with Crippen molar-refractivity contribution >= 4 is 5.78 Å². The molecule has 0 bridgehead atoms. The molecule has 6 heteroatoms. The lowest BCUT2D eigenvalue weighted by Crippen LogP contribution is -2.22. The van der Waals surface area contributed by atoms with E-state index in [9.17, 15) is 25.2 Å². The Morgan fingerprint density at radius 3 is 2.48 bits per heavy atom. The molecule has 0 fully saturated rings. The molecule has 2 aromatic carbocycles. The number of hydrogen-bond donors (Lipinski definition) is 4. The Bertz CT molecular complexity index is 885. The van der Waals surface area contributed by atoms with Gasteiger partial charge in [0, 0.05) is 6.07 Å². The topological polar surface area (TPSA) is 107 Å². The lowest BCUT2D eigenvalue weighted by molar-refractivity contribution is 0.0834. The third-order valence-electron chi connectivity index (χ3n) is 4.57. The van der Waals surface area contributed by atoms with Crippen molar-refractivity contribution in [3.8, 4) is 17.2 Å². The van der Waals surface area contributed by atoms with E-state index in [1.54, 1.807) is 6.92 Å². The zero-order valence-corrected chi connectivity index (χ0v) is 15.1. The van der Waals surface area contributed by atoms with E-state index in [0.29, 0.717) is 5.57 Å². The molecular weight excluding hydrogens is 348 g/mol. The summed E-state index contributed by atoms with van der Waals surface area (Å²) in [6.07, 6.45) is -1.24. The Kier molecular flexibility index (Phi) is 5.21. The van der Waals surface area contributed by atoms with Crippen LogP contribution in [-0.4, -0.2) is 32.3 Å². The van der Waals surface area contributed by atoms with Crippen molar-refractivity contribution in [1.29, 1.82) is 0 Å². The normalized spacial score (nSPS) is 19.2. The van der Waals surface area contributed by atoms with Crippen LogP contribution in [-0.2, 0) is 0 Å². The fourth-order valence-electron chi connectivity index (χ4n) is 3.31. The molecular formula is C21H22O6. The molecule has 27 heavy (non-hydrogen) atoms. The zero-order valence-electron chi connectivity index (χ0n) is 15.1. The van der Waals surface area contributed by atoms with Crippen LogP contribution in [0.15, 0.2) is 48.0 Å². The zero-order chi connectivity index (χ0) is 19.7. The molecule has 0 radical (unpaired) electrons. The minimum absolute atomic E-state index is 0.00817. The standard InChI is InChI=1S/C21H22O6/c1-11(8-12(2)22)20(26)19-15(24)9-14(23)18-16(25)10-17(27-21(18)19)13-6-4-3-5-7-13/h3-9,12,17,20,22-24,26H,10H2,1-2H3/b11-8+. The third kappa shape index (κ3) is 3.67. The van der Waals surface area contributed by atoms with E-state index < -0.39 is 29.8 Å². The van der Waals surface area contributed by atoms with Crippen LogP contribution in [0.3, 0.4) is 0 Å². The van der Waals surface area contributed by atoms with Gasteiger partial charge in [0.2, 0.25) is 0 Å². The number of aliphatic hydroxyl groups excluding tert-OH is 2. The maximum atomic E-state index is 12.7. The first-order chi connectivity index (χ1) is 12.8. The lowest BCUT2D eigenvalue weighted by atomic mass is 9.90. The molecule has 0 saturated carbocycles. The predicted octanol–water partition coefficient (Wildman–Crippen LogP) is 3.16. The quantitative estimate of drug-likeness (QED) is 0.616. The summed E-state index contributed by atoms with van der Waals surface area (Å²) in [4.78, 5) is 12.7. The number of aliphatic hydroxyl groups is 2. The lowest BCUT2D eigenvalue weighted by Gasteiger charge is -2.29. The van der Waals surface area contributed by atoms with E-state index in [1.807, 2.05) is 30.3 Å². The van der Waals surface area contributed by atoms with Gasteiger partial charge in [0.1, 0.15) is 35.0 Å². The second-order valence-electron chi connectivity index (χ2n) is 6.73. The summed E-state index contributed by atoms with van der Waals surface area (Å²) >= 11 is 0. The summed E-state index contributed by atoms with van der Waals surface area (Å²) in [5, 5.41) is 40.7. The van der Waals surface area contributed by atoms with Crippen molar-refractivity contribution in [2.75, 3.05) is 0 Å². The number of ether oxygens (including phenoxy) is 1. The summed E-state index contributed by atoms with van der Waals surface area (Å²) < 4.78 is 5.97. The molecule has 2 aromatic rings. The third-order valence-corrected chi connectivity index (χ3v) is 4.57. The molecule has 142 valence electrons. The van der Waals surface area contributed by atoms with Gasteiger partial charge in [0.05, 0.1) is 18.1 Å². The van der Waals surface area contributed by atoms with Crippen molar-refractivity contribution in [2.45, 2.75) is 38.6 Å². The highest BCUT2D eigenvalue weighted by Gasteiger charge is 2.35. The number of hydrogen-bond acceptors (Lipinski definition) is 6. The number of carbonyl (C=O) groups excluding carboxylic acids is 1. The van der Waals surface area contributed by atoms with Crippen LogP contribution in [0, 0.1) is 0 Å². The fourth-order valence-corrected chi connectivity index (χ4v) is 3.31. The van der Waals surface area contributed by atoms with Crippen LogP contribution in [0.4, 0.5) is 0 Å². The largest absolute Gasteiger partial charge is 0.507 e. The number of ketones is 1. The first kappa shape index (κ1) is 18.9. The first-order valence-electron chi connectivity index (χ1n) is 8.67. The molecule has 1 aliphatic rings. The van der Waals surface area contributed by atoms with Crippen molar-refractivity contribution < 1.29 is 30.0 Å². The van der Waals surface area contributed by atoms with E-state index >= 15 is 0 Å². The number of phenolic OH excluding ortho intramolecular Hbond substituents is 2. The molecule has 3 rings (SSSR count). The Balaban J connectivity index is 2.12. The van der Waals surface area contributed by atoms with Gasteiger partial charge >= 0.3 is 0 Å². The Morgan fingerprint density at radius 1 is 1.19 bits per heavy atom. The second kappa shape index (κ2) is 7.42. The smallest absolute Gasteiger partial charge is 0.174 e. The van der Waals surface area contributed by atoms with Gasteiger partial charge in [-0.25, -0.2) is 0 Å². The summed E-state index contributed by atoms with van der Waals surface area (Å²) in [6, 6.07) is 10.2. The summed E-state index contributed by atoms with van der Waals surface area (Å²) in [5.41, 5.74) is 1.09. The molecule has 4 N–H and O–H groups in total. The summed E-state index contributed by atoms with van der Waals surface area (Å²) in [5.74, 6) is -1.16. The first-order valence-corrected chi connectivity index (χ1v) is 8.67. The van der Waals surface area contributed by atoms with E-state index in [0.717, 1.165) is 11.6 Å². The van der Waals surface area contributed by atoms with Gasteiger partial charge < -0.3 is 25.2 Å². The van der Waals surface area contributed by atoms with E-state index in [-0.39, 0.29) is 29.1 Å². The Hall–Kier alpha value is -2.83. The number of aromatic hydroxyl groups is 2. The molecule has 1 aliphatic heterocycles. The molecule has 0 amide bonds. The molecule has 0 aliphatic carbocycles. The van der Waals surface area contributed by atoms with Gasteiger partial charge in [-0.05, 0) is 25.0 Å². The maximum Gasteiger partial charge on any atom is 0.174 e. The van der Waals surface area contributed by atoms with Crippen LogP contribution >= 0.6 is 0 Å². The number of benzene rings is 2. The minimum atomic E-state index is -1.31. The van der Waals surface area contributed by atoms with Gasteiger partial charge in [0.15, 0.2) is 5.78 Å². The van der Waals surface area contributed by atoms with E-state index in [4.69, 9.17) is 4.74 Å². The highest BCUT2D eigenvalue weighted by atomic mass is 16.5. The molecule has 3 atom stereocenters. The van der Waals surface area contributed by atoms with E-state index in [2.05, 4.69) is 0 Å². The number of phenols is 2. The van der Waals surface area contributed by atoms with Gasteiger partial charge in [-0.3, -0.25) is 4.79 Å². The van der Waals surface area contributed by atoms with Gasteiger partial charge in [-0.15, -0.1) is 0 Å². The minimum Gasteiger partial charge on any atom is -0.507 e. The van der Waals surface area contributed by atoms with Crippen LogP contribution in [0.5, 0.6) is 17.2 Å². The number of carbonyl (C=O) groups is 1. The molecule has 0 aromatic heterocycles. The average molecular weight is 370 g/mol. The Labute approximate surface area is 157 Å².